The number of aliphatic hydroxyl groups excluding tert-OH is 1. The highest BCUT2D eigenvalue weighted by atomic mass is 19.4. The normalized spacial score (nSPS) is 21.9. The molecule has 2 aliphatic rings. The first-order valence-electron chi connectivity index (χ1n) is 10.1. The molecule has 3 atom stereocenters. The van der Waals surface area contributed by atoms with Crippen molar-refractivity contribution in [1.82, 2.24) is 9.97 Å². The zero-order valence-electron chi connectivity index (χ0n) is 16.8. The summed E-state index contributed by atoms with van der Waals surface area (Å²) in [6.45, 7) is 0.870. The van der Waals surface area contributed by atoms with E-state index < -0.39 is 23.8 Å². The maximum absolute atomic E-state index is 13.2. The number of carbonyl (C=O) groups is 1. The molecular formula is C23H19F3N4O2. The lowest BCUT2D eigenvalue weighted by Crippen LogP contribution is -2.37. The summed E-state index contributed by atoms with van der Waals surface area (Å²) in [5, 5.41) is 13.4. The van der Waals surface area contributed by atoms with Gasteiger partial charge in [0.1, 0.15) is 5.82 Å². The third-order valence-electron chi connectivity index (χ3n) is 5.98. The smallest absolute Gasteiger partial charge is 0.391 e. The molecule has 3 aromatic rings. The van der Waals surface area contributed by atoms with E-state index in [0.717, 1.165) is 12.1 Å². The van der Waals surface area contributed by atoms with Gasteiger partial charge >= 0.3 is 6.18 Å². The Morgan fingerprint density at radius 2 is 1.94 bits per heavy atom. The van der Waals surface area contributed by atoms with Gasteiger partial charge in [0.25, 0.3) is 0 Å². The van der Waals surface area contributed by atoms with Crippen molar-refractivity contribution in [2.45, 2.75) is 18.2 Å². The standard InChI is InChI=1S/C23H19F3N4O2/c24-23(25,26)14-5-3-4-13(10-14)16-7-8-17-21(28-16)20(15-11-30(17)12-18(15)31)22(32)29-19-6-1-2-9-27-19/h1-10,15,18,20,31H,11-12H2,(H,27,29,32)/t15-,18-,20?/m1/s1. The number of halogens is 3. The Balaban J connectivity index is 1.56. The number of nitrogens with zero attached hydrogens (tertiary/aromatic N) is 3. The second-order valence-corrected chi connectivity index (χ2v) is 8.00. The van der Waals surface area contributed by atoms with Crippen LogP contribution in [0.3, 0.4) is 0 Å². The molecule has 0 radical (unpaired) electrons. The lowest BCUT2D eigenvalue weighted by atomic mass is 9.83. The minimum atomic E-state index is -4.47. The molecule has 1 saturated heterocycles. The van der Waals surface area contributed by atoms with Crippen LogP contribution in [0.5, 0.6) is 0 Å². The van der Waals surface area contributed by atoms with Gasteiger partial charge in [0, 0.05) is 30.8 Å². The van der Waals surface area contributed by atoms with Crippen molar-refractivity contribution in [3.8, 4) is 11.3 Å². The molecule has 2 N–H and O–H groups in total. The number of hydrogen-bond acceptors (Lipinski definition) is 5. The monoisotopic (exact) mass is 440 g/mol. The summed E-state index contributed by atoms with van der Waals surface area (Å²) in [5.74, 6) is -1.12. The summed E-state index contributed by atoms with van der Waals surface area (Å²) in [6, 6.07) is 13.5. The van der Waals surface area contributed by atoms with Gasteiger partial charge in [-0.3, -0.25) is 4.79 Å². The fraction of sp³-hybridized carbons (Fsp3) is 0.261. The molecule has 6 nitrogen and oxygen atoms in total. The van der Waals surface area contributed by atoms with E-state index in [2.05, 4.69) is 15.3 Å². The van der Waals surface area contributed by atoms with Gasteiger partial charge in [-0.2, -0.15) is 13.2 Å². The van der Waals surface area contributed by atoms with Gasteiger partial charge in [-0.15, -0.1) is 0 Å². The fourth-order valence-corrected chi connectivity index (χ4v) is 4.48. The zero-order valence-corrected chi connectivity index (χ0v) is 16.8. The molecular weight excluding hydrogens is 421 g/mol. The van der Waals surface area contributed by atoms with Gasteiger partial charge in [0.2, 0.25) is 5.91 Å². The lowest BCUT2D eigenvalue weighted by Gasteiger charge is -2.32. The molecule has 2 aromatic heterocycles. The predicted molar refractivity (Wildman–Crippen MR) is 112 cm³/mol. The average molecular weight is 440 g/mol. The molecule has 1 fully saturated rings. The SMILES string of the molecule is O=C(Nc1ccccn1)C1c2nc(-c3cccc(C(F)(F)F)c3)ccc2N2C[C@@H](O)[C@H]1C2. The number of anilines is 2. The number of aromatic nitrogens is 2. The van der Waals surface area contributed by atoms with Crippen LogP contribution in [-0.2, 0) is 11.0 Å². The molecule has 1 unspecified atom stereocenters. The molecule has 0 saturated carbocycles. The van der Waals surface area contributed by atoms with E-state index in [0.29, 0.717) is 41.5 Å². The van der Waals surface area contributed by atoms with Crippen molar-refractivity contribution >= 4 is 17.4 Å². The van der Waals surface area contributed by atoms with Crippen LogP contribution in [0.15, 0.2) is 60.8 Å². The van der Waals surface area contributed by atoms with Crippen LogP contribution in [0.2, 0.25) is 0 Å². The third kappa shape index (κ3) is 3.58. The predicted octanol–water partition coefficient (Wildman–Crippen LogP) is 3.70. The van der Waals surface area contributed by atoms with Gasteiger partial charge in [-0.05, 0) is 36.4 Å². The maximum atomic E-state index is 13.2. The summed E-state index contributed by atoms with van der Waals surface area (Å²) >= 11 is 0. The highest BCUT2D eigenvalue weighted by Crippen LogP contribution is 2.45. The van der Waals surface area contributed by atoms with Crippen LogP contribution in [0.1, 0.15) is 17.2 Å². The van der Waals surface area contributed by atoms with Crippen LogP contribution in [0.4, 0.5) is 24.7 Å². The number of benzene rings is 1. The van der Waals surface area contributed by atoms with E-state index in [-0.39, 0.29) is 11.8 Å². The van der Waals surface area contributed by atoms with Crippen molar-refractivity contribution in [1.29, 1.82) is 0 Å². The first kappa shape index (κ1) is 20.4. The minimum absolute atomic E-state index is 0.306. The Bertz CT molecular complexity index is 1170. The van der Waals surface area contributed by atoms with Crippen LogP contribution in [0.25, 0.3) is 11.3 Å². The lowest BCUT2D eigenvalue weighted by molar-refractivity contribution is -0.137. The zero-order chi connectivity index (χ0) is 22.5. The average Bonchev–Trinajstić information content (AvgIpc) is 3.10. The van der Waals surface area contributed by atoms with Gasteiger partial charge in [0.05, 0.1) is 34.7 Å². The highest BCUT2D eigenvalue weighted by Gasteiger charge is 2.48. The number of fused-ring (bicyclic) bond motifs is 4. The first-order chi connectivity index (χ1) is 15.3. The second-order valence-electron chi connectivity index (χ2n) is 8.00. The quantitative estimate of drug-likeness (QED) is 0.650. The van der Waals surface area contributed by atoms with Crippen LogP contribution < -0.4 is 10.2 Å². The van der Waals surface area contributed by atoms with Crippen molar-refractivity contribution in [2.75, 3.05) is 23.3 Å². The number of hydrogen-bond donors (Lipinski definition) is 2. The maximum Gasteiger partial charge on any atom is 0.416 e. The van der Waals surface area contributed by atoms with Crippen molar-refractivity contribution < 1.29 is 23.1 Å². The van der Waals surface area contributed by atoms with Gasteiger partial charge in [-0.25, -0.2) is 9.97 Å². The third-order valence-corrected chi connectivity index (χ3v) is 5.98. The minimum Gasteiger partial charge on any atom is -0.391 e. The van der Waals surface area contributed by atoms with Crippen LogP contribution >= 0.6 is 0 Å². The molecule has 1 amide bonds. The summed E-state index contributed by atoms with van der Waals surface area (Å²) in [4.78, 5) is 23.9. The van der Waals surface area contributed by atoms with Gasteiger partial charge in [-0.1, -0.05) is 18.2 Å². The number of aliphatic hydroxyl groups is 1. The molecule has 0 spiro atoms. The molecule has 9 heteroatoms. The Morgan fingerprint density at radius 3 is 2.69 bits per heavy atom. The van der Waals surface area contributed by atoms with E-state index in [1.165, 1.54) is 6.07 Å². The summed E-state index contributed by atoms with van der Waals surface area (Å²) in [7, 11) is 0. The Labute approximate surface area is 181 Å². The van der Waals surface area contributed by atoms with E-state index >= 15 is 0 Å². The van der Waals surface area contributed by atoms with Gasteiger partial charge in [0.15, 0.2) is 0 Å². The summed E-state index contributed by atoms with van der Waals surface area (Å²) in [5.41, 5.74) is 1.02. The molecule has 0 aliphatic carbocycles. The highest BCUT2D eigenvalue weighted by molar-refractivity contribution is 5.97. The molecule has 32 heavy (non-hydrogen) atoms. The molecule has 4 heterocycles. The van der Waals surface area contributed by atoms with E-state index in [1.807, 2.05) is 4.90 Å². The van der Waals surface area contributed by atoms with Crippen molar-refractivity contribution in [3.63, 3.8) is 0 Å². The fourth-order valence-electron chi connectivity index (χ4n) is 4.48. The van der Waals surface area contributed by atoms with E-state index in [1.54, 1.807) is 42.6 Å². The molecule has 2 aliphatic heterocycles. The Morgan fingerprint density at radius 1 is 1.09 bits per heavy atom. The molecule has 164 valence electrons. The number of rotatable bonds is 3. The van der Waals surface area contributed by atoms with Crippen molar-refractivity contribution in [2.24, 2.45) is 5.92 Å². The molecule has 2 bridgehead atoms. The number of pyridine rings is 2. The van der Waals surface area contributed by atoms with Gasteiger partial charge < -0.3 is 15.3 Å². The Hall–Kier alpha value is -3.46. The topological polar surface area (TPSA) is 78.4 Å². The number of amides is 1. The van der Waals surface area contributed by atoms with E-state index in [9.17, 15) is 23.1 Å². The molecule has 1 aromatic carbocycles. The van der Waals surface area contributed by atoms with Crippen LogP contribution in [-0.4, -0.2) is 40.2 Å². The van der Waals surface area contributed by atoms with Crippen LogP contribution in [0, 0.1) is 5.92 Å². The summed E-state index contributed by atoms with van der Waals surface area (Å²) in [6.07, 6.45) is -3.63. The first-order valence-corrected chi connectivity index (χ1v) is 10.1. The largest absolute Gasteiger partial charge is 0.416 e. The number of alkyl halides is 3. The van der Waals surface area contributed by atoms with E-state index in [4.69, 9.17) is 0 Å². The van der Waals surface area contributed by atoms with Crippen molar-refractivity contribution in [3.05, 3.63) is 72.1 Å². The number of nitrogens with one attached hydrogen (secondary N) is 1. The Kier molecular flexibility index (Phi) is 4.85. The number of carbonyl (C=O) groups excluding carboxylic acids is 1. The second kappa shape index (κ2) is 7.59. The molecule has 5 rings (SSSR count). The summed E-state index contributed by atoms with van der Waals surface area (Å²) < 4.78 is 39.5.